The van der Waals surface area contributed by atoms with Crippen LogP contribution in [0.3, 0.4) is 0 Å². The van der Waals surface area contributed by atoms with Gasteiger partial charge in [-0.2, -0.15) is 10.5 Å². The van der Waals surface area contributed by atoms with E-state index in [1.165, 1.54) is 12.1 Å². The van der Waals surface area contributed by atoms with Gasteiger partial charge in [-0.25, -0.2) is 0 Å². The molecule has 0 bridgehead atoms. The van der Waals surface area contributed by atoms with Crippen LogP contribution in [0.25, 0.3) is 5.69 Å². The highest BCUT2D eigenvalue weighted by Crippen LogP contribution is 2.16. The first-order chi connectivity index (χ1) is 8.26. The Morgan fingerprint density at radius 2 is 1.71 bits per heavy atom. The maximum atomic E-state index is 11.0. The summed E-state index contributed by atoms with van der Waals surface area (Å²) >= 11 is 0. The molecule has 0 saturated carbocycles. The summed E-state index contributed by atoms with van der Waals surface area (Å²) < 4.78 is 1.64. The standard InChI is InChI=1S/C13H7N3O/c14-8-10-2-1-3-13(12(10)9-15)16-6-4-11(17)5-7-16/h1-7H. The molecule has 0 unspecified atom stereocenters. The Balaban J connectivity index is 2.69. The van der Waals surface area contributed by atoms with Gasteiger partial charge in [0.25, 0.3) is 0 Å². The molecule has 4 heteroatoms. The highest BCUT2D eigenvalue weighted by Gasteiger charge is 2.07. The molecule has 0 aliphatic heterocycles. The molecule has 0 atom stereocenters. The molecule has 0 spiro atoms. The van der Waals surface area contributed by atoms with Crippen LogP contribution in [0.4, 0.5) is 0 Å². The van der Waals surface area contributed by atoms with Gasteiger partial charge in [0, 0.05) is 24.5 Å². The first kappa shape index (κ1) is 10.7. The van der Waals surface area contributed by atoms with E-state index in [1.54, 1.807) is 35.2 Å². The molecule has 1 aromatic heterocycles. The van der Waals surface area contributed by atoms with Crippen LogP contribution in [-0.2, 0) is 0 Å². The average Bonchev–Trinajstić information content (AvgIpc) is 2.38. The highest BCUT2D eigenvalue weighted by atomic mass is 16.1. The number of hydrogen-bond acceptors (Lipinski definition) is 3. The SMILES string of the molecule is N#Cc1cccc(-n2ccc(=O)cc2)c1C#N. The number of nitrogens with zero attached hydrogens (tertiary/aromatic N) is 3. The number of aromatic nitrogens is 1. The lowest BCUT2D eigenvalue weighted by atomic mass is 10.1. The van der Waals surface area contributed by atoms with Crippen LogP contribution < -0.4 is 5.43 Å². The van der Waals surface area contributed by atoms with Crippen molar-refractivity contribution in [2.75, 3.05) is 0 Å². The van der Waals surface area contributed by atoms with E-state index in [9.17, 15) is 4.79 Å². The van der Waals surface area contributed by atoms with E-state index in [0.29, 0.717) is 16.8 Å². The van der Waals surface area contributed by atoms with E-state index < -0.39 is 0 Å². The average molecular weight is 221 g/mol. The lowest BCUT2D eigenvalue weighted by molar-refractivity contribution is 1.03. The number of rotatable bonds is 1. The maximum Gasteiger partial charge on any atom is 0.181 e. The van der Waals surface area contributed by atoms with Crippen molar-refractivity contribution in [1.29, 1.82) is 10.5 Å². The van der Waals surface area contributed by atoms with Gasteiger partial charge in [-0.3, -0.25) is 4.79 Å². The second kappa shape index (κ2) is 4.34. The van der Waals surface area contributed by atoms with Crippen molar-refractivity contribution in [3.05, 3.63) is 64.1 Å². The van der Waals surface area contributed by atoms with Crippen LogP contribution >= 0.6 is 0 Å². The molecule has 2 aromatic rings. The number of benzene rings is 1. The topological polar surface area (TPSA) is 69.6 Å². The van der Waals surface area contributed by atoms with Crippen LogP contribution in [0.1, 0.15) is 11.1 Å². The summed E-state index contributed by atoms with van der Waals surface area (Å²) in [6.07, 6.45) is 3.14. The van der Waals surface area contributed by atoms with E-state index in [4.69, 9.17) is 10.5 Å². The van der Waals surface area contributed by atoms with Crippen molar-refractivity contribution in [3.8, 4) is 17.8 Å². The fraction of sp³-hybridized carbons (Fsp3) is 0. The molecule has 4 nitrogen and oxygen atoms in total. The van der Waals surface area contributed by atoms with Gasteiger partial charge >= 0.3 is 0 Å². The molecule has 0 amide bonds. The zero-order chi connectivity index (χ0) is 12.3. The summed E-state index contributed by atoms with van der Waals surface area (Å²) in [6.45, 7) is 0. The number of pyridine rings is 1. The fourth-order valence-electron chi connectivity index (χ4n) is 1.54. The number of nitriles is 2. The van der Waals surface area contributed by atoms with Crippen LogP contribution in [0, 0.1) is 22.7 Å². The van der Waals surface area contributed by atoms with Gasteiger partial charge < -0.3 is 4.57 Å². The van der Waals surface area contributed by atoms with Crippen molar-refractivity contribution in [2.24, 2.45) is 0 Å². The van der Waals surface area contributed by atoms with Crippen molar-refractivity contribution < 1.29 is 0 Å². The molecule has 0 radical (unpaired) electrons. The van der Waals surface area contributed by atoms with E-state index in [1.807, 2.05) is 12.1 Å². The van der Waals surface area contributed by atoms with E-state index in [-0.39, 0.29) is 5.43 Å². The Labute approximate surface area is 97.6 Å². The van der Waals surface area contributed by atoms with E-state index in [2.05, 4.69) is 0 Å². The molecule has 0 aliphatic rings. The monoisotopic (exact) mass is 221 g/mol. The van der Waals surface area contributed by atoms with Crippen LogP contribution in [0.5, 0.6) is 0 Å². The fourth-order valence-corrected chi connectivity index (χ4v) is 1.54. The summed E-state index contributed by atoms with van der Waals surface area (Å²) in [5.74, 6) is 0. The van der Waals surface area contributed by atoms with Crippen molar-refractivity contribution >= 4 is 0 Å². The van der Waals surface area contributed by atoms with Gasteiger partial charge in [0.15, 0.2) is 5.43 Å². The van der Waals surface area contributed by atoms with E-state index >= 15 is 0 Å². The highest BCUT2D eigenvalue weighted by molar-refractivity contribution is 5.57. The third-order valence-electron chi connectivity index (χ3n) is 2.35. The second-order valence-electron chi connectivity index (χ2n) is 3.36. The van der Waals surface area contributed by atoms with E-state index in [0.717, 1.165) is 0 Å². The predicted molar refractivity (Wildman–Crippen MR) is 61.5 cm³/mol. The minimum absolute atomic E-state index is 0.101. The second-order valence-corrected chi connectivity index (χ2v) is 3.36. The first-order valence-electron chi connectivity index (χ1n) is 4.88. The van der Waals surface area contributed by atoms with Crippen molar-refractivity contribution in [2.45, 2.75) is 0 Å². The maximum absolute atomic E-state index is 11.0. The zero-order valence-electron chi connectivity index (χ0n) is 8.79. The predicted octanol–water partition coefficient (Wildman–Crippen LogP) is 1.58. The molecule has 0 N–H and O–H groups in total. The first-order valence-corrected chi connectivity index (χ1v) is 4.88. The Kier molecular flexibility index (Phi) is 2.72. The number of hydrogen-bond donors (Lipinski definition) is 0. The largest absolute Gasteiger partial charge is 0.322 e. The summed E-state index contributed by atoms with van der Waals surface area (Å²) in [5, 5.41) is 18.0. The molecule has 80 valence electrons. The van der Waals surface area contributed by atoms with Crippen LogP contribution in [0.15, 0.2) is 47.5 Å². The Hall–Kier alpha value is -2.85. The molecule has 1 aromatic carbocycles. The Morgan fingerprint density at radius 3 is 2.29 bits per heavy atom. The van der Waals surface area contributed by atoms with Gasteiger partial charge in [-0.05, 0) is 12.1 Å². The molecule has 0 aliphatic carbocycles. The normalized spacial score (nSPS) is 9.29. The smallest absolute Gasteiger partial charge is 0.181 e. The van der Waals surface area contributed by atoms with Crippen LogP contribution in [-0.4, -0.2) is 4.57 Å². The summed E-state index contributed by atoms with van der Waals surface area (Å²) in [7, 11) is 0. The summed E-state index contributed by atoms with van der Waals surface area (Å²) in [4.78, 5) is 11.0. The Bertz CT molecular complexity index is 681. The zero-order valence-corrected chi connectivity index (χ0v) is 8.79. The molecule has 0 saturated heterocycles. The third-order valence-corrected chi connectivity index (χ3v) is 2.35. The molecular formula is C13H7N3O. The lowest BCUT2D eigenvalue weighted by Crippen LogP contribution is -2.04. The molecular weight excluding hydrogens is 214 g/mol. The Morgan fingerprint density at radius 1 is 1.00 bits per heavy atom. The molecule has 1 heterocycles. The lowest BCUT2D eigenvalue weighted by Gasteiger charge is -2.08. The minimum atomic E-state index is -0.101. The van der Waals surface area contributed by atoms with Gasteiger partial charge in [0.05, 0.1) is 16.8 Å². The summed E-state index contributed by atoms with van der Waals surface area (Å²) in [6, 6.07) is 11.8. The van der Waals surface area contributed by atoms with Crippen molar-refractivity contribution in [3.63, 3.8) is 0 Å². The minimum Gasteiger partial charge on any atom is -0.322 e. The molecule has 17 heavy (non-hydrogen) atoms. The molecule has 0 fully saturated rings. The molecule has 2 rings (SSSR count). The van der Waals surface area contributed by atoms with Gasteiger partial charge in [0.2, 0.25) is 0 Å². The quantitative estimate of drug-likeness (QED) is 0.734. The van der Waals surface area contributed by atoms with Crippen LogP contribution in [0.2, 0.25) is 0 Å². The van der Waals surface area contributed by atoms with Gasteiger partial charge in [0.1, 0.15) is 12.1 Å². The third kappa shape index (κ3) is 1.92. The van der Waals surface area contributed by atoms with Crippen molar-refractivity contribution in [1.82, 2.24) is 4.57 Å². The summed E-state index contributed by atoms with van der Waals surface area (Å²) in [5.41, 5.74) is 1.12. The van der Waals surface area contributed by atoms with Gasteiger partial charge in [-0.15, -0.1) is 0 Å². The van der Waals surface area contributed by atoms with Gasteiger partial charge in [-0.1, -0.05) is 6.07 Å².